The van der Waals surface area contributed by atoms with Gasteiger partial charge in [0.1, 0.15) is 11.5 Å². The summed E-state index contributed by atoms with van der Waals surface area (Å²) in [4.78, 5) is 14.1. The number of benzene rings is 2. The van der Waals surface area contributed by atoms with Crippen molar-refractivity contribution >= 4 is 6.09 Å². The van der Waals surface area contributed by atoms with Crippen molar-refractivity contribution in [2.45, 2.75) is 40.0 Å². The van der Waals surface area contributed by atoms with Crippen LogP contribution in [-0.2, 0) is 5.41 Å². The maximum atomic E-state index is 12.4. The molecule has 4 heteroatoms. The topological polar surface area (TPSA) is 38.8 Å². The molecule has 2 aromatic rings. The van der Waals surface area contributed by atoms with Gasteiger partial charge in [0.05, 0.1) is 7.11 Å². The van der Waals surface area contributed by atoms with Gasteiger partial charge in [0.15, 0.2) is 0 Å². The molecule has 4 nitrogen and oxygen atoms in total. The number of nitrogens with zero attached hydrogens (tertiary/aromatic N) is 1. The van der Waals surface area contributed by atoms with Crippen molar-refractivity contribution in [2.24, 2.45) is 0 Å². The molecule has 0 saturated carbocycles. The van der Waals surface area contributed by atoms with E-state index in [9.17, 15) is 4.79 Å². The summed E-state index contributed by atoms with van der Waals surface area (Å²) in [5, 5.41) is 0. The lowest BCUT2D eigenvalue weighted by Crippen LogP contribution is -2.33. The molecular weight excluding hydrogens is 326 g/mol. The highest BCUT2D eigenvalue weighted by Gasteiger charge is 2.19. The average Bonchev–Trinajstić information content (AvgIpc) is 2.62. The van der Waals surface area contributed by atoms with Crippen molar-refractivity contribution in [2.75, 3.05) is 20.2 Å². The summed E-state index contributed by atoms with van der Waals surface area (Å²) in [5.74, 6) is 1.36. The van der Waals surface area contributed by atoms with Crippen molar-refractivity contribution in [3.8, 4) is 22.6 Å². The Balaban J connectivity index is 2.48. The van der Waals surface area contributed by atoms with Crippen molar-refractivity contribution < 1.29 is 14.3 Å². The number of carbonyl (C=O) groups is 1. The van der Waals surface area contributed by atoms with Crippen LogP contribution in [0.3, 0.4) is 0 Å². The third kappa shape index (κ3) is 4.57. The second-order valence-corrected chi connectivity index (χ2v) is 7.23. The second-order valence-electron chi connectivity index (χ2n) is 7.23. The maximum Gasteiger partial charge on any atom is 0.415 e. The van der Waals surface area contributed by atoms with Gasteiger partial charge in [0.2, 0.25) is 0 Å². The molecule has 0 spiro atoms. The monoisotopic (exact) mass is 355 g/mol. The zero-order valence-electron chi connectivity index (χ0n) is 16.6. The standard InChI is InChI=1S/C22H29NO3/c1-7-23(8-2)21(24)26-20-14-11-17(22(3,4)5)15-19(20)16-9-12-18(25-6)13-10-16/h9-15H,7-8H2,1-6H3. The van der Waals surface area contributed by atoms with Crippen LogP contribution in [0.1, 0.15) is 40.2 Å². The normalized spacial score (nSPS) is 11.2. The zero-order chi connectivity index (χ0) is 19.3. The summed E-state index contributed by atoms with van der Waals surface area (Å²) in [7, 11) is 1.65. The second kappa shape index (κ2) is 8.26. The number of methoxy groups -OCH3 is 1. The van der Waals surface area contributed by atoms with Crippen molar-refractivity contribution in [1.29, 1.82) is 0 Å². The molecule has 1 amide bonds. The van der Waals surface area contributed by atoms with Crippen molar-refractivity contribution in [3.05, 3.63) is 48.0 Å². The van der Waals surface area contributed by atoms with Gasteiger partial charge >= 0.3 is 6.09 Å². The van der Waals surface area contributed by atoms with Gasteiger partial charge in [-0.2, -0.15) is 0 Å². The summed E-state index contributed by atoms with van der Waals surface area (Å²) in [6.07, 6.45) is -0.326. The molecule has 2 aromatic carbocycles. The van der Waals surface area contributed by atoms with Crippen molar-refractivity contribution in [1.82, 2.24) is 4.90 Å². The van der Waals surface area contributed by atoms with E-state index >= 15 is 0 Å². The molecule has 140 valence electrons. The lowest BCUT2D eigenvalue weighted by Gasteiger charge is -2.23. The summed E-state index contributed by atoms with van der Waals surface area (Å²) < 4.78 is 11.0. The number of amides is 1. The SMILES string of the molecule is CCN(CC)C(=O)Oc1ccc(C(C)(C)C)cc1-c1ccc(OC)cc1. The van der Waals surface area contributed by atoms with Gasteiger partial charge < -0.3 is 14.4 Å². The van der Waals surface area contributed by atoms with Crippen LogP contribution in [-0.4, -0.2) is 31.2 Å². The van der Waals surface area contributed by atoms with Crippen molar-refractivity contribution in [3.63, 3.8) is 0 Å². The lowest BCUT2D eigenvalue weighted by molar-refractivity contribution is 0.157. The first-order valence-electron chi connectivity index (χ1n) is 9.05. The van der Waals surface area contributed by atoms with Crippen LogP contribution in [0, 0.1) is 0 Å². The van der Waals surface area contributed by atoms with Gasteiger partial charge in [-0.15, -0.1) is 0 Å². The molecule has 0 aromatic heterocycles. The van der Waals surface area contributed by atoms with Gasteiger partial charge in [-0.1, -0.05) is 39.0 Å². The minimum Gasteiger partial charge on any atom is -0.497 e. The molecule has 0 unspecified atom stereocenters. The first-order chi connectivity index (χ1) is 12.3. The number of carbonyl (C=O) groups excluding carboxylic acids is 1. The van der Waals surface area contributed by atoms with Crippen LogP contribution in [0.2, 0.25) is 0 Å². The van der Waals surface area contributed by atoms with Gasteiger partial charge in [-0.25, -0.2) is 4.79 Å². The molecule has 0 saturated heterocycles. The van der Waals surface area contributed by atoms with E-state index in [-0.39, 0.29) is 11.5 Å². The van der Waals surface area contributed by atoms with Gasteiger partial charge in [0, 0.05) is 18.7 Å². The predicted octanol–water partition coefficient (Wildman–Crippen LogP) is 5.50. The lowest BCUT2D eigenvalue weighted by atomic mass is 9.85. The largest absolute Gasteiger partial charge is 0.497 e. The highest BCUT2D eigenvalue weighted by Crippen LogP contribution is 2.35. The molecule has 0 heterocycles. The molecule has 0 fully saturated rings. The molecule has 0 N–H and O–H groups in total. The highest BCUT2D eigenvalue weighted by atomic mass is 16.6. The van der Waals surface area contributed by atoms with Crippen LogP contribution >= 0.6 is 0 Å². The minimum atomic E-state index is -0.326. The molecule has 0 radical (unpaired) electrons. The Bertz CT molecular complexity index is 741. The summed E-state index contributed by atoms with van der Waals surface area (Å²) in [6, 6.07) is 13.8. The Kier molecular flexibility index (Phi) is 6.30. The Morgan fingerprint density at radius 2 is 1.62 bits per heavy atom. The van der Waals surface area contributed by atoms with E-state index < -0.39 is 0 Å². The number of hydrogen-bond donors (Lipinski definition) is 0. The predicted molar refractivity (Wildman–Crippen MR) is 106 cm³/mol. The fraction of sp³-hybridized carbons (Fsp3) is 0.409. The summed E-state index contributed by atoms with van der Waals surface area (Å²) in [6.45, 7) is 11.6. The van der Waals surface area contributed by atoms with E-state index in [0.717, 1.165) is 16.9 Å². The highest BCUT2D eigenvalue weighted by molar-refractivity contribution is 5.78. The quantitative estimate of drug-likeness (QED) is 0.711. The van der Waals surface area contributed by atoms with Gasteiger partial charge in [-0.3, -0.25) is 0 Å². The summed E-state index contributed by atoms with van der Waals surface area (Å²) in [5.41, 5.74) is 3.08. The van der Waals surface area contributed by atoms with E-state index in [1.165, 1.54) is 5.56 Å². The van der Waals surface area contributed by atoms with Crippen LogP contribution in [0.15, 0.2) is 42.5 Å². The van der Waals surface area contributed by atoms with Crippen LogP contribution < -0.4 is 9.47 Å². The number of hydrogen-bond acceptors (Lipinski definition) is 3. The van der Waals surface area contributed by atoms with Gasteiger partial charge in [0.25, 0.3) is 0 Å². The molecule has 0 bridgehead atoms. The molecule has 0 aliphatic carbocycles. The molecule has 0 aliphatic heterocycles. The number of ether oxygens (including phenoxy) is 2. The fourth-order valence-electron chi connectivity index (χ4n) is 2.72. The minimum absolute atomic E-state index is 0.00261. The molecule has 26 heavy (non-hydrogen) atoms. The first-order valence-corrected chi connectivity index (χ1v) is 9.05. The third-order valence-corrected chi connectivity index (χ3v) is 4.47. The van der Waals surface area contributed by atoms with E-state index in [1.807, 2.05) is 50.2 Å². The van der Waals surface area contributed by atoms with Crippen LogP contribution in [0.25, 0.3) is 11.1 Å². The smallest absolute Gasteiger partial charge is 0.415 e. The van der Waals surface area contributed by atoms with E-state index in [2.05, 4.69) is 26.8 Å². The van der Waals surface area contributed by atoms with E-state index in [4.69, 9.17) is 9.47 Å². The molecule has 0 aliphatic rings. The number of rotatable bonds is 5. The Hall–Kier alpha value is -2.49. The first kappa shape index (κ1) is 19.8. The summed E-state index contributed by atoms with van der Waals surface area (Å²) >= 11 is 0. The third-order valence-electron chi connectivity index (χ3n) is 4.47. The zero-order valence-corrected chi connectivity index (χ0v) is 16.6. The van der Waals surface area contributed by atoms with Gasteiger partial charge in [-0.05, 0) is 54.7 Å². The van der Waals surface area contributed by atoms with Crippen LogP contribution in [0.4, 0.5) is 4.79 Å². The Labute approximate surface area is 156 Å². The molecular formula is C22H29NO3. The Morgan fingerprint density at radius 1 is 1.00 bits per heavy atom. The molecule has 2 rings (SSSR count). The van der Waals surface area contributed by atoms with Crippen LogP contribution in [0.5, 0.6) is 11.5 Å². The Morgan fingerprint density at radius 3 is 2.12 bits per heavy atom. The van der Waals surface area contributed by atoms with E-state index in [1.54, 1.807) is 12.0 Å². The van der Waals surface area contributed by atoms with E-state index in [0.29, 0.717) is 18.8 Å². The maximum absolute atomic E-state index is 12.4. The average molecular weight is 355 g/mol. The molecule has 0 atom stereocenters. The fourth-order valence-corrected chi connectivity index (χ4v) is 2.72.